The third kappa shape index (κ3) is 4.33. The molecule has 5 heteroatoms. The fourth-order valence-corrected chi connectivity index (χ4v) is 1.54. The van der Waals surface area contributed by atoms with E-state index >= 15 is 0 Å². The first-order valence-electron chi connectivity index (χ1n) is 5.76. The van der Waals surface area contributed by atoms with Gasteiger partial charge in [0.1, 0.15) is 5.82 Å². The maximum atomic E-state index is 13.1. The van der Waals surface area contributed by atoms with E-state index in [0.29, 0.717) is 18.7 Å². The lowest BCUT2D eigenvalue weighted by atomic mass is 9.94. The smallest absolute Gasteiger partial charge is 0.315 e. The molecule has 0 aliphatic rings. The number of nitrogens with one attached hydrogen (secondary N) is 2. The van der Waals surface area contributed by atoms with E-state index < -0.39 is 5.54 Å². The van der Waals surface area contributed by atoms with Crippen LogP contribution in [0.2, 0.25) is 0 Å². The van der Waals surface area contributed by atoms with Gasteiger partial charge in [0.2, 0.25) is 0 Å². The summed E-state index contributed by atoms with van der Waals surface area (Å²) in [6, 6.07) is 5.88. The fourth-order valence-electron chi connectivity index (χ4n) is 1.54. The number of urea groups is 1. The number of ether oxygens (including phenoxy) is 1. The molecule has 0 saturated heterocycles. The number of amides is 2. The van der Waals surface area contributed by atoms with E-state index in [9.17, 15) is 9.18 Å². The molecule has 0 unspecified atom stereocenters. The van der Waals surface area contributed by atoms with Gasteiger partial charge in [-0.2, -0.15) is 0 Å². The molecule has 2 amide bonds. The van der Waals surface area contributed by atoms with Gasteiger partial charge in [-0.1, -0.05) is 12.1 Å². The van der Waals surface area contributed by atoms with Gasteiger partial charge in [0.15, 0.2) is 0 Å². The maximum Gasteiger partial charge on any atom is 0.315 e. The second-order valence-electron chi connectivity index (χ2n) is 4.51. The van der Waals surface area contributed by atoms with Crippen LogP contribution >= 0.6 is 0 Å². The molecule has 1 aromatic carbocycles. The minimum Gasteiger partial charge on any atom is -0.383 e. The highest BCUT2D eigenvalue weighted by molar-refractivity contribution is 5.74. The summed E-state index contributed by atoms with van der Waals surface area (Å²) in [7, 11) is 1.57. The van der Waals surface area contributed by atoms with Crippen molar-refractivity contribution in [2.45, 2.75) is 19.4 Å². The van der Waals surface area contributed by atoms with Crippen LogP contribution in [0.1, 0.15) is 19.4 Å². The zero-order chi connectivity index (χ0) is 13.6. The number of hydrogen-bond donors (Lipinski definition) is 2. The Morgan fingerprint density at radius 1 is 1.44 bits per heavy atom. The first-order valence-corrected chi connectivity index (χ1v) is 5.76. The average Bonchev–Trinajstić information content (AvgIpc) is 2.28. The number of carbonyl (C=O) groups is 1. The van der Waals surface area contributed by atoms with Crippen LogP contribution in [0.15, 0.2) is 24.3 Å². The summed E-state index contributed by atoms with van der Waals surface area (Å²) in [6.07, 6.45) is 0. The summed E-state index contributed by atoms with van der Waals surface area (Å²) in [5.74, 6) is -0.317. The van der Waals surface area contributed by atoms with Crippen molar-refractivity contribution in [2.24, 2.45) is 0 Å². The van der Waals surface area contributed by atoms with Crippen molar-refractivity contribution in [1.82, 2.24) is 10.6 Å². The number of rotatable bonds is 5. The zero-order valence-electron chi connectivity index (χ0n) is 10.9. The number of methoxy groups -OCH3 is 1. The van der Waals surface area contributed by atoms with Gasteiger partial charge >= 0.3 is 6.03 Å². The number of carbonyl (C=O) groups excluding carboxylic acids is 1. The summed E-state index contributed by atoms with van der Waals surface area (Å²) in [4.78, 5) is 11.6. The Kier molecular flexibility index (Phi) is 5.09. The van der Waals surface area contributed by atoms with Crippen molar-refractivity contribution in [1.29, 1.82) is 0 Å². The highest BCUT2D eigenvalue weighted by atomic mass is 19.1. The zero-order valence-corrected chi connectivity index (χ0v) is 10.9. The van der Waals surface area contributed by atoms with Crippen LogP contribution in [0, 0.1) is 5.82 Å². The third-order valence-electron chi connectivity index (χ3n) is 2.56. The summed E-state index contributed by atoms with van der Waals surface area (Å²) in [5, 5.41) is 5.44. The van der Waals surface area contributed by atoms with Gasteiger partial charge in [-0.05, 0) is 31.5 Å². The summed E-state index contributed by atoms with van der Waals surface area (Å²) < 4.78 is 18.0. The number of benzene rings is 1. The second-order valence-corrected chi connectivity index (χ2v) is 4.51. The molecular weight excluding hydrogens is 235 g/mol. The molecule has 0 atom stereocenters. The van der Waals surface area contributed by atoms with E-state index in [1.54, 1.807) is 19.2 Å². The van der Waals surface area contributed by atoms with Crippen molar-refractivity contribution < 1.29 is 13.9 Å². The van der Waals surface area contributed by atoms with Gasteiger partial charge in [0.25, 0.3) is 0 Å². The molecule has 0 radical (unpaired) electrons. The maximum absolute atomic E-state index is 13.1. The second kappa shape index (κ2) is 6.35. The molecule has 0 spiro atoms. The highest BCUT2D eigenvalue weighted by Gasteiger charge is 2.22. The van der Waals surface area contributed by atoms with E-state index in [2.05, 4.69) is 10.6 Å². The van der Waals surface area contributed by atoms with Crippen LogP contribution in [0.3, 0.4) is 0 Å². The van der Waals surface area contributed by atoms with E-state index in [0.717, 1.165) is 0 Å². The van der Waals surface area contributed by atoms with Crippen molar-refractivity contribution >= 4 is 6.03 Å². The summed E-state index contributed by atoms with van der Waals surface area (Å²) in [6.45, 7) is 4.52. The molecule has 100 valence electrons. The standard InChI is InChI=1S/C13H19FN2O2/c1-13(2,10-5-4-6-11(14)9-10)16-12(17)15-7-8-18-3/h4-6,9H,7-8H2,1-3H3,(H2,15,16,17). The predicted octanol–water partition coefficient (Wildman–Crippen LogP) is 2.01. The Bertz CT molecular complexity index is 408. The monoisotopic (exact) mass is 254 g/mol. The van der Waals surface area contributed by atoms with Gasteiger partial charge < -0.3 is 15.4 Å². The Hall–Kier alpha value is -1.62. The quantitative estimate of drug-likeness (QED) is 0.790. The molecule has 1 rings (SSSR count). The lowest BCUT2D eigenvalue weighted by Gasteiger charge is -2.27. The molecular formula is C13H19FN2O2. The minimum absolute atomic E-state index is 0.304. The van der Waals surface area contributed by atoms with Gasteiger partial charge in [-0.25, -0.2) is 9.18 Å². The summed E-state index contributed by atoms with van der Waals surface area (Å²) >= 11 is 0. The Morgan fingerprint density at radius 2 is 2.17 bits per heavy atom. The van der Waals surface area contributed by atoms with Gasteiger partial charge in [-0.15, -0.1) is 0 Å². The van der Waals surface area contributed by atoms with E-state index in [4.69, 9.17) is 4.74 Å². The van der Waals surface area contributed by atoms with Crippen LogP contribution in [0.4, 0.5) is 9.18 Å². The lowest BCUT2D eigenvalue weighted by Crippen LogP contribution is -2.47. The Balaban J connectivity index is 2.61. The number of halogens is 1. The van der Waals surface area contributed by atoms with Crippen LogP contribution in [0.25, 0.3) is 0 Å². The fraction of sp³-hybridized carbons (Fsp3) is 0.462. The van der Waals surface area contributed by atoms with Crippen molar-refractivity contribution in [3.63, 3.8) is 0 Å². The Labute approximate surface area is 107 Å². The molecule has 4 nitrogen and oxygen atoms in total. The van der Waals surface area contributed by atoms with Crippen molar-refractivity contribution in [2.75, 3.05) is 20.3 Å². The largest absolute Gasteiger partial charge is 0.383 e. The molecule has 0 bridgehead atoms. The first-order chi connectivity index (χ1) is 8.45. The molecule has 0 heterocycles. The van der Waals surface area contributed by atoms with Crippen LogP contribution in [0.5, 0.6) is 0 Å². The minimum atomic E-state index is -0.640. The van der Waals surface area contributed by atoms with E-state index in [-0.39, 0.29) is 11.8 Å². The van der Waals surface area contributed by atoms with Crippen LogP contribution in [-0.4, -0.2) is 26.3 Å². The van der Waals surface area contributed by atoms with E-state index in [1.807, 2.05) is 13.8 Å². The molecule has 2 N–H and O–H groups in total. The van der Waals surface area contributed by atoms with Crippen LogP contribution in [-0.2, 0) is 10.3 Å². The Morgan fingerprint density at radius 3 is 2.78 bits per heavy atom. The summed E-state index contributed by atoms with van der Waals surface area (Å²) in [5.41, 5.74) is 0.0728. The van der Waals surface area contributed by atoms with Gasteiger partial charge in [-0.3, -0.25) is 0 Å². The molecule has 1 aromatic rings. The molecule has 0 aromatic heterocycles. The number of hydrogen-bond acceptors (Lipinski definition) is 2. The highest BCUT2D eigenvalue weighted by Crippen LogP contribution is 2.20. The predicted molar refractivity (Wildman–Crippen MR) is 67.8 cm³/mol. The lowest BCUT2D eigenvalue weighted by molar-refractivity contribution is 0.193. The molecule has 0 fully saturated rings. The van der Waals surface area contributed by atoms with Gasteiger partial charge in [0.05, 0.1) is 12.1 Å². The topological polar surface area (TPSA) is 50.4 Å². The molecule has 0 aliphatic carbocycles. The van der Waals surface area contributed by atoms with Crippen molar-refractivity contribution in [3.8, 4) is 0 Å². The molecule has 18 heavy (non-hydrogen) atoms. The van der Waals surface area contributed by atoms with Crippen molar-refractivity contribution in [3.05, 3.63) is 35.6 Å². The molecule has 0 aliphatic heterocycles. The third-order valence-corrected chi connectivity index (χ3v) is 2.56. The van der Waals surface area contributed by atoms with Crippen LogP contribution < -0.4 is 10.6 Å². The average molecular weight is 254 g/mol. The molecule has 0 saturated carbocycles. The van der Waals surface area contributed by atoms with E-state index in [1.165, 1.54) is 12.1 Å². The SMILES string of the molecule is COCCNC(=O)NC(C)(C)c1cccc(F)c1. The normalized spacial score (nSPS) is 11.1. The van der Waals surface area contributed by atoms with Gasteiger partial charge in [0, 0.05) is 13.7 Å². The first kappa shape index (κ1) is 14.4.